The largest absolute Gasteiger partial charge is 0.415 e. The van der Waals surface area contributed by atoms with Crippen LogP contribution in [-0.4, -0.2) is 30.0 Å². The summed E-state index contributed by atoms with van der Waals surface area (Å²) in [7, 11) is 0. The van der Waals surface area contributed by atoms with Crippen LogP contribution in [0.1, 0.15) is 19.3 Å². The lowest BCUT2D eigenvalue weighted by atomic mass is 10.00. The monoisotopic (exact) mass is 183 g/mol. The second kappa shape index (κ2) is 3.62. The fraction of sp³-hybridized carbons (Fsp3) is 1.00. The molecule has 0 aromatic rings. The predicted octanol–water partition coefficient (Wildman–Crippen LogP) is 1.05. The molecule has 72 valence electrons. The van der Waals surface area contributed by atoms with Crippen molar-refractivity contribution in [2.45, 2.75) is 37.6 Å². The zero-order valence-electron chi connectivity index (χ0n) is 6.56. The summed E-state index contributed by atoms with van der Waals surface area (Å²) in [5.74, 6) is 0. The summed E-state index contributed by atoms with van der Waals surface area (Å²) >= 11 is 0. The molecule has 0 aromatic heterocycles. The summed E-state index contributed by atoms with van der Waals surface area (Å²) in [6.45, 7) is 0.567. The molecule has 2 atom stereocenters. The smallest absolute Gasteiger partial charge is 0.382 e. The van der Waals surface area contributed by atoms with Crippen LogP contribution in [0.25, 0.3) is 0 Å². The van der Waals surface area contributed by atoms with E-state index in [0.717, 1.165) is 12.8 Å². The predicted molar refractivity (Wildman–Crippen MR) is 37.7 cm³/mol. The van der Waals surface area contributed by atoms with Gasteiger partial charge in [0.25, 0.3) is 0 Å². The normalized spacial score (nSPS) is 28.5. The summed E-state index contributed by atoms with van der Waals surface area (Å²) in [4.78, 5) is 0. The summed E-state index contributed by atoms with van der Waals surface area (Å²) in [5.41, 5.74) is 0. The highest BCUT2D eigenvalue weighted by Crippen LogP contribution is 2.25. The third-order valence-electron chi connectivity index (χ3n) is 2.06. The van der Waals surface area contributed by atoms with Crippen LogP contribution in [0.3, 0.4) is 0 Å². The van der Waals surface area contributed by atoms with E-state index in [4.69, 9.17) is 5.11 Å². The van der Waals surface area contributed by atoms with E-state index in [9.17, 15) is 13.2 Å². The molecule has 1 saturated heterocycles. The van der Waals surface area contributed by atoms with E-state index in [-0.39, 0.29) is 0 Å². The number of hydrogen-bond acceptors (Lipinski definition) is 2. The van der Waals surface area contributed by atoms with Gasteiger partial charge in [-0.2, -0.15) is 13.2 Å². The molecule has 0 radical (unpaired) electrons. The maximum absolute atomic E-state index is 11.9. The van der Waals surface area contributed by atoms with E-state index in [1.807, 2.05) is 0 Å². The Kier molecular flexibility index (Phi) is 2.95. The molecule has 0 bridgehead atoms. The van der Waals surface area contributed by atoms with E-state index < -0.39 is 18.3 Å². The highest BCUT2D eigenvalue weighted by Gasteiger charge is 2.43. The Hall–Kier alpha value is -0.290. The standard InChI is InChI=1S/C7H12F3NO/c8-7(9,10)6(12)5-3-1-2-4-11-5/h5-6,11-12H,1-4H2/t5-,6+/m0/s1. The van der Waals surface area contributed by atoms with E-state index in [0.29, 0.717) is 13.0 Å². The van der Waals surface area contributed by atoms with Gasteiger partial charge in [0.2, 0.25) is 0 Å². The van der Waals surface area contributed by atoms with Crippen LogP contribution in [-0.2, 0) is 0 Å². The molecule has 0 amide bonds. The van der Waals surface area contributed by atoms with Crippen LogP contribution in [0.15, 0.2) is 0 Å². The molecule has 2 nitrogen and oxygen atoms in total. The van der Waals surface area contributed by atoms with Crippen LogP contribution in [0.4, 0.5) is 13.2 Å². The summed E-state index contributed by atoms with van der Waals surface area (Å²) in [6, 6.07) is -0.807. The van der Waals surface area contributed by atoms with Crippen molar-refractivity contribution in [2.24, 2.45) is 0 Å². The van der Waals surface area contributed by atoms with Crippen molar-refractivity contribution in [3.63, 3.8) is 0 Å². The van der Waals surface area contributed by atoms with Crippen molar-refractivity contribution in [1.82, 2.24) is 5.32 Å². The van der Waals surface area contributed by atoms with E-state index in [1.165, 1.54) is 0 Å². The Balaban J connectivity index is 2.45. The Morgan fingerprint density at radius 3 is 2.42 bits per heavy atom. The first kappa shape index (κ1) is 9.80. The van der Waals surface area contributed by atoms with Crippen LogP contribution >= 0.6 is 0 Å². The lowest BCUT2D eigenvalue weighted by Gasteiger charge is -2.29. The summed E-state index contributed by atoms with van der Waals surface area (Å²) < 4.78 is 35.8. The zero-order chi connectivity index (χ0) is 9.19. The lowest BCUT2D eigenvalue weighted by Crippen LogP contribution is -2.49. The van der Waals surface area contributed by atoms with Crippen molar-refractivity contribution in [1.29, 1.82) is 0 Å². The third kappa shape index (κ3) is 2.35. The lowest BCUT2D eigenvalue weighted by molar-refractivity contribution is -0.213. The quantitative estimate of drug-likeness (QED) is 0.637. The van der Waals surface area contributed by atoms with Gasteiger partial charge in [-0.15, -0.1) is 0 Å². The molecule has 0 unspecified atom stereocenters. The maximum atomic E-state index is 11.9. The number of piperidine rings is 1. The number of nitrogens with one attached hydrogen (secondary N) is 1. The Labute approximate surface area is 68.8 Å². The van der Waals surface area contributed by atoms with Crippen LogP contribution in [0.2, 0.25) is 0 Å². The first-order valence-electron chi connectivity index (χ1n) is 4.00. The van der Waals surface area contributed by atoms with Gasteiger partial charge in [-0.3, -0.25) is 0 Å². The number of aliphatic hydroxyl groups excluding tert-OH is 1. The van der Waals surface area contributed by atoms with Crippen molar-refractivity contribution in [2.75, 3.05) is 6.54 Å². The minimum Gasteiger partial charge on any atom is -0.382 e. The maximum Gasteiger partial charge on any atom is 0.415 e. The molecule has 0 saturated carbocycles. The van der Waals surface area contributed by atoms with Crippen LogP contribution < -0.4 is 5.32 Å². The zero-order valence-corrected chi connectivity index (χ0v) is 6.56. The molecule has 0 aliphatic carbocycles. The first-order valence-corrected chi connectivity index (χ1v) is 4.00. The van der Waals surface area contributed by atoms with Gasteiger partial charge < -0.3 is 10.4 Å². The van der Waals surface area contributed by atoms with Gasteiger partial charge in [0.05, 0.1) is 0 Å². The highest BCUT2D eigenvalue weighted by atomic mass is 19.4. The van der Waals surface area contributed by atoms with Crippen molar-refractivity contribution in [3.05, 3.63) is 0 Å². The minimum absolute atomic E-state index is 0.403. The second-order valence-electron chi connectivity index (χ2n) is 3.04. The van der Waals surface area contributed by atoms with E-state index in [1.54, 1.807) is 0 Å². The SMILES string of the molecule is O[C@H]([C@@H]1CCCCN1)C(F)(F)F. The summed E-state index contributed by atoms with van der Waals surface area (Å²) in [6.07, 6.45) is -4.65. The molecule has 0 spiro atoms. The molecule has 12 heavy (non-hydrogen) atoms. The van der Waals surface area contributed by atoms with Crippen LogP contribution in [0.5, 0.6) is 0 Å². The van der Waals surface area contributed by atoms with Gasteiger partial charge in [0.1, 0.15) is 0 Å². The molecular formula is C7H12F3NO. The van der Waals surface area contributed by atoms with Gasteiger partial charge in [0.15, 0.2) is 6.10 Å². The van der Waals surface area contributed by atoms with Crippen molar-refractivity contribution < 1.29 is 18.3 Å². The molecule has 1 heterocycles. The van der Waals surface area contributed by atoms with Gasteiger partial charge in [-0.25, -0.2) is 0 Å². The fourth-order valence-corrected chi connectivity index (χ4v) is 1.38. The average Bonchev–Trinajstić information content (AvgIpc) is 2.03. The molecule has 5 heteroatoms. The van der Waals surface area contributed by atoms with E-state index in [2.05, 4.69) is 5.32 Å². The minimum atomic E-state index is -4.49. The number of alkyl halides is 3. The Morgan fingerprint density at radius 1 is 1.33 bits per heavy atom. The number of aliphatic hydroxyl groups is 1. The van der Waals surface area contributed by atoms with Gasteiger partial charge in [-0.05, 0) is 19.4 Å². The van der Waals surface area contributed by atoms with Crippen molar-refractivity contribution >= 4 is 0 Å². The van der Waals surface area contributed by atoms with Crippen molar-refractivity contribution in [3.8, 4) is 0 Å². The van der Waals surface area contributed by atoms with Gasteiger partial charge in [0, 0.05) is 6.04 Å². The molecule has 1 aliphatic rings. The van der Waals surface area contributed by atoms with E-state index >= 15 is 0 Å². The highest BCUT2D eigenvalue weighted by molar-refractivity contribution is 4.83. The molecule has 1 rings (SSSR count). The Morgan fingerprint density at radius 2 is 2.00 bits per heavy atom. The van der Waals surface area contributed by atoms with Crippen LogP contribution in [0, 0.1) is 0 Å². The second-order valence-corrected chi connectivity index (χ2v) is 3.04. The summed E-state index contributed by atoms with van der Waals surface area (Å²) in [5, 5.41) is 11.5. The average molecular weight is 183 g/mol. The molecule has 2 N–H and O–H groups in total. The molecule has 1 fully saturated rings. The first-order chi connectivity index (χ1) is 5.52. The number of rotatable bonds is 1. The molecular weight excluding hydrogens is 171 g/mol. The van der Waals surface area contributed by atoms with Gasteiger partial charge in [-0.1, -0.05) is 6.42 Å². The number of hydrogen-bond donors (Lipinski definition) is 2. The Bertz CT molecular complexity index is 142. The number of halogens is 3. The molecule has 0 aromatic carbocycles. The fourth-order valence-electron chi connectivity index (χ4n) is 1.38. The molecule has 1 aliphatic heterocycles. The topological polar surface area (TPSA) is 32.3 Å². The third-order valence-corrected chi connectivity index (χ3v) is 2.06. The van der Waals surface area contributed by atoms with Gasteiger partial charge >= 0.3 is 6.18 Å².